The first kappa shape index (κ1) is 10.6. The second-order valence-corrected chi connectivity index (χ2v) is 5.74. The van der Waals surface area contributed by atoms with Crippen molar-refractivity contribution in [3.8, 4) is 0 Å². The summed E-state index contributed by atoms with van der Waals surface area (Å²) in [6, 6.07) is 0. The molecular formula is C13H21NO2. The average molecular weight is 223 g/mol. The van der Waals surface area contributed by atoms with Crippen molar-refractivity contribution in [1.82, 2.24) is 5.32 Å². The summed E-state index contributed by atoms with van der Waals surface area (Å²) in [5.74, 6) is 1.81. The zero-order valence-corrected chi connectivity index (χ0v) is 9.84. The van der Waals surface area contributed by atoms with Gasteiger partial charge in [0.05, 0.1) is 12.0 Å². The van der Waals surface area contributed by atoms with Gasteiger partial charge in [0.25, 0.3) is 0 Å². The highest BCUT2D eigenvalue weighted by molar-refractivity contribution is 5.89. The van der Waals surface area contributed by atoms with Gasteiger partial charge in [-0.15, -0.1) is 0 Å². The van der Waals surface area contributed by atoms with Crippen molar-refractivity contribution in [2.75, 3.05) is 19.8 Å². The highest BCUT2D eigenvalue weighted by atomic mass is 16.5. The number of carbonyl (C=O) groups excluding carboxylic acids is 1. The molecule has 0 bridgehead atoms. The summed E-state index contributed by atoms with van der Waals surface area (Å²) < 4.78 is 5.60. The maximum absolute atomic E-state index is 11.6. The highest BCUT2D eigenvalue weighted by Gasteiger charge is 2.74. The number of nitrogens with one attached hydrogen (secondary N) is 1. The van der Waals surface area contributed by atoms with E-state index in [0.717, 1.165) is 31.3 Å². The highest BCUT2D eigenvalue weighted by Crippen LogP contribution is 2.75. The third kappa shape index (κ3) is 1.97. The van der Waals surface area contributed by atoms with Crippen LogP contribution < -0.4 is 5.32 Å². The molecule has 1 N–H and O–H groups in total. The minimum atomic E-state index is 0.117. The Morgan fingerprint density at radius 2 is 2.00 bits per heavy atom. The molecule has 0 saturated heterocycles. The Morgan fingerprint density at radius 3 is 2.62 bits per heavy atom. The van der Waals surface area contributed by atoms with E-state index >= 15 is 0 Å². The molecule has 3 rings (SSSR count). The van der Waals surface area contributed by atoms with Crippen molar-refractivity contribution in [3.05, 3.63) is 0 Å². The van der Waals surface area contributed by atoms with Crippen LogP contribution in [0.3, 0.4) is 0 Å². The van der Waals surface area contributed by atoms with Gasteiger partial charge in [-0.3, -0.25) is 4.79 Å². The van der Waals surface area contributed by atoms with E-state index in [2.05, 4.69) is 5.32 Å². The quantitative estimate of drug-likeness (QED) is 0.696. The third-order valence-electron chi connectivity index (χ3n) is 4.49. The summed E-state index contributed by atoms with van der Waals surface area (Å²) in [4.78, 5) is 11.6. The molecule has 0 aromatic carbocycles. The summed E-state index contributed by atoms with van der Waals surface area (Å²) in [6.07, 6.45) is 7.68. The van der Waals surface area contributed by atoms with Crippen LogP contribution in [0.25, 0.3) is 0 Å². The molecule has 3 aliphatic rings. The predicted octanol–water partition coefficient (Wildman–Crippen LogP) is 1.72. The van der Waals surface area contributed by atoms with Gasteiger partial charge in [0.1, 0.15) is 0 Å². The monoisotopic (exact) mass is 223 g/mol. The molecule has 3 fully saturated rings. The van der Waals surface area contributed by atoms with Crippen LogP contribution in [0.2, 0.25) is 0 Å². The van der Waals surface area contributed by atoms with Gasteiger partial charge in [0.15, 0.2) is 0 Å². The summed E-state index contributed by atoms with van der Waals surface area (Å²) in [7, 11) is 0. The molecule has 0 aliphatic heterocycles. The predicted molar refractivity (Wildman–Crippen MR) is 60.9 cm³/mol. The number of amides is 1. The van der Waals surface area contributed by atoms with Crippen LogP contribution in [-0.2, 0) is 9.53 Å². The second-order valence-electron chi connectivity index (χ2n) is 5.74. The molecule has 3 heteroatoms. The Bertz CT molecular complexity index is 278. The molecule has 0 radical (unpaired) electrons. The van der Waals surface area contributed by atoms with Crippen LogP contribution in [0.4, 0.5) is 0 Å². The van der Waals surface area contributed by atoms with Crippen LogP contribution in [0.5, 0.6) is 0 Å². The Morgan fingerprint density at radius 1 is 1.31 bits per heavy atom. The Labute approximate surface area is 96.9 Å². The van der Waals surface area contributed by atoms with Crippen molar-refractivity contribution in [2.24, 2.45) is 17.3 Å². The van der Waals surface area contributed by atoms with Crippen LogP contribution in [0.1, 0.15) is 38.5 Å². The molecule has 0 aromatic heterocycles. The lowest BCUT2D eigenvalue weighted by Gasteiger charge is -2.11. The summed E-state index contributed by atoms with van der Waals surface area (Å²) in [6.45, 7) is 2.27. The van der Waals surface area contributed by atoms with E-state index in [1.54, 1.807) is 0 Å². The first-order valence-corrected chi connectivity index (χ1v) is 6.67. The van der Waals surface area contributed by atoms with E-state index in [4.69, 9.17) is 4.74 Å². The van der Waals surface area contributed by atoms with Gasteiger partial charge in [-0.25, -0.2) is 0 Å². The zero-order chi connectivity index (χ0) is 11.0. The molecule has 16 heavy (non-hydrogen) atoms. The molecule has 90 valence electrons. The average Bonchev–Trinajstić information content (AvgIpc) is 3.06. The SMILES string of the molecule is O=C(NCCOCC1CCCC1)C12CC1C2. The summed E-state index contributed by atoms with van der Waals surface area (Å²) in [5, 5.41) is 2.99. The Balaban J connectivity index is 1.22. The molecule has 0 heterocycles. The number of ether oxygens (including phenoxy) is 1. The van der Waals surface area contributed by atoms with Gasteiger partial charge in [0.2, 0.25) is 5.91 Å². The second kappa shape index (κ2) is 4.02. The third-order valence-corrected chi connectivity index (χ3v) is 4.49. The lowest BCUT2D eigenvalue weighted by Crippen LogP contribution is -2.31. The molecule has 0 atom stereocenters. The minimum Gasteiger partial charge on any atom is -0.379 e. The normalized spacial score (nSPS) is 35.9. The van der Waals surface area contributed by atoms with Crippen LogP contribution >= 0.6 is 0 Å². The lowest BCUT2D eigenvalue weighted by atomic mass is 10.1. The first-order chi connectivity index (χ1) is 7.81. The van der Waals surface area contributed by atoms with Gasteiger partial charge in [0, 0.05) is 13.2 Å². The van der Waals surface area contributed by atoms with Crippen molar-refractivity contribution >= 4 is 5.91 Å². The van der Waals surface area contributed by atoms with Crippen molar-refractivity contribution in [3.63, 3.8) is 0 Å². The number of fused-ring (bicyclic) bond motifs is 1. The Hall–Kier alpha value is -0.570. The minimum absolute atomic E-state index is 0.117. The molecule has 0 aromatic rings. The van der Waals surface area contributed by atoms with E-state index in [1.165, 1.54) is 25.7 Å². The molecule has 0 spiro atoms. The number of rotatable bonds is 6. The van der Waals surface area contributed by atoms with Crippen LogP contribution in [-0.4, -0.2) is 25.7 Å². The number of hydrogen-bond donors (Lipinski definition) is 1. The largest absolute Gasteiger partial charge is 0.379 e. The molecule has 0 unspecified atom stereocenters. The van der Waals surface area contributed by atoms with E-state index in [-0.39, 0.29) is 11.3 Å². The fourth-order valence-electron chi connectivity index (χ4n) is 2.91. The van der Waals surface area contributed by atoms with Crippen LogP contribution in [0, 0.1) is 17.3 Å². The molecule has 1 amide bonds. The maximum atomic E-state index is 11.6. The lowest BCUT2D eigenvalue weighted by molar-refractivity contribution is -0.124. The van der Waals surface area contributed by atoms with Crippen LogP contribution in [0.15, 0.2) is 0 Å². The fourth-order valence-corrected chi connectivity index (χ4v) is 2.91. The molecular weight excluding hydrogens is 202 g/mol. The van der Waals surface area contributed by atoms with Gasteiger partial charge in [-0.2, -0.15) is 0 Å². The summed E-state index contributed by atoms with van der Waals surface area (Å²) >= 11 is 0. The zero-order valence-electron chi connectivity index (χ0n) is 9.84. The van der Waals surface area contributed by atoms with E-state index < -0.39 is 0 Å². The van der Waals surface area contributed by atoms with Gasteiger partial charge >= 0.3 is 0 Å². The van der Waals surface area contributed by atoms with E-state index in [1.807, 2.05) is 0 Å². The maximum Gasteiger partial charge on any atom is 0.226 e. The van der Waals surface area contributed by atoms with Crippen molar-refractivity contribution < 1.29 is 9.53 Å². The molecule has 3 saturated carbocycles. The van der Waals surface area contributed by atoms with Crippen molar-refractivity contribution in [2.45, 2.75) is 38.5 Å². The standard InChI is InChI=1S/C13H21NO2/c15-12(13-7-11(13)8-13)14-5-6-16-9-10-3-1-2-4-10/h10-11H,1-9H2,(H,14,15). The first-order valence-electron chi connectivity index (χ1n) is 6.67. The fraction of sp³-hybridized carbons (Fsp3) is 0.923. The Kier molecular flexibility index (Phi) is 2.66. The van der Waals surface area contributed by atoms with E-state index in [9.17, 15) is 4.79 Å². The smallest absolute Gasteiger partial charge is 0.226 e. The topological polar surface area (TPSA) is 38.3 Å². The molecule has 3 aliphatic carbocycles. The number of carbonyl (C=O) groups is 1. The van der Waals surface area contributed by atoms with Gasteiger partial charge in [-0.1, -0.05) is 12.8 Å². The van der Waals surface area contributed by atoms with E-state index in [0.29, 0.717) is 13.2 Å². The van der Waals surface area contributed by atoms with Gasteiger partial charge < -0.3 is 10.1 Å². The summed E-state index contributed by atoms with van der Waals surface area (Å²) in [5.41, 5.74) is 0.117. The van der Waals surface area contributed by atoms with Crippen molar-refractivity contribution in [1.29, 1.82) is 0 Å². The number of hydrogen-bond acceptors (Lipinski definition) is 2. The molecule has 3 nitrogen and oxygen atoms in total. The van der Waals surface area contributed by atoms with Gasteiger partial charge in [-0.05, 0) is 37.5 Å².